The summed E-state index contributed by atoms with van der Waals surface area (Å²) in [6.07, 6.45) is 1.97. The van der Waals surface area contributed by atoms with Crippen LogP contribution >= 0.6 is 0 Å². The van der Waals surface area contributed by atoms with Gasteiger partial charge >= 0.3 is 0 Å². The normalized spacial score (nSPS) is 10.5. The highest BCUT2D eigenvalue weighted by atomic mass is 14.7. The number of hydrogen-bond donors (Lipinski definition) is 1. The van der Waals surface area contributed by atoms with Gasteiger partial charge in [0.05, 0.1) is 0 Å². The van der Waals surface area contributed by atoms with E-state index in [2.05, 4.69) is 24.0 Å². The lowest BCUT2D eigenvalue weighted by Gasteiger charge is -1.86. The molecule has 1 N–H and O–H groups in total. The van der Waals surface area contributed by atoms with Crippen LogP contribution in [0.15, 0.2) is 30.5 Å². The summed E-state index contributed by atoms with van der Waals surface area (Å²) >= 11 is 0. The Kier molecular flexibility index (Phi) is 1.04. The molecule has 0 aliphatic carbocycles. The zero-order valence-corrected chi connectivity index (χ0v) is 5.59. The highest BCUT2D eigenvalue weighted by Crippen LogP contribution is 2.15. The Hall–Kier alpha value is -1.24. The lowest BCUT2D eigenvalue weighted by atomic mass is 10.2. The summed E-state index contributed by atoms with van der Waals surface area (Å²) < 4.78 is 0. The van der Waals surface area contributed by atoms with E-state index in [0.717, 1.165) is 5.69 Å². The van der Waals surface area contributed by atoms with Crippen LogP contribution in [0.1, 0.15) is 5.69 Å². The van der Waals surface area contributed by atoms with Crippen molar-refractivity contribution in [1.29, 1.82) is 0 Å². The van der Waals surface area contributed by atoms with Crippen molar-refractivity contribution in [3.8, 4) is 0 Å². The predicted octanol–water partition coefficient (Wildman–Crippen LogP) is 2.35. The monoisotopic (exact) mass is 130 g/mol. The van der Waals surface area contributed by atoms with Crippen molar-refractivity contribution >= 4 is 10.8 Å². The molecule has 0 aliphatic heterocycles. The van der Waals surface area contributed by atoms with Gasteiger partial charge in [-0.05, 0) is 12.3 Å². The molecule has 2 rings (SSSR count). The number of hydrogen-bond acceptors (Lipinski definition) is 0. The molecule has 0 spiro atoms. The summed E-state index contributed by atoms with van der Waals surface area (Å²) in [5.41, 5.74) is 0.996. The van der Waals surface area contributed by atoms with Gasteiger partial charge in [-0.1, -0.05) is 24.3 Å². The minimum Gasteiger partial charge on any atom is -0.364 e. The zero-order chi connectivity index (χ0) is 6.97. The Balaban J connectivity index is 2.93. The van der Waals surface area contributed by atoms with E-state index in [0.29, 0.717) is 0 Å². The minimum atomic E-state index is 0.996. The number of nitrogens with one attached hydrogen (secondary N) is 1. The Morgan fingerprint density at radius 1 is 1.20 bits per heavy atom. The maximum Gasteiger partial charge on any atom is 0.0230 e. The molecule has 0 bridgehead atoms. The largest absolute Gasteiger partial charge is 0.364 e. The first-order chi connectivity index (χ1) is 4.88. The second-order valence-electron chi connectivity index (χ2n) is 2.35. The number of rotatable bonds is 0. The molecule has 1 aromatic carbocycles. The molecule has 1 nitrogen and oxygen atoms in total. The van der Waals surface area contributed by atoms with Gasteiger partial charge in [-0.2, -0.15) is 0 Å². The molecule has 2 aromatic rings. The van der Waals surface area contributed by atoms with Gasteiger partial charge in [0.25, 0.3) is 0 Å². The first-order valence-electron chi connectivity index (χ1n) is 3.26. The van der Waals surface area contributed by atoms with Crippen molar-refractivity contribution in [2.24, 2.45) is 0 Å². The van der Waals surface area contributed by atoms with Gasteiger partial charge in [0.2, 0.25) is 0 Å². The molecule has 0 aliphatic rings. The van der Waals surface area contributed by atoms with E-state index >= 15 is 0 Å². The summed E-state index contributed by atoms with van der Waals surface area (Å²) in [7, 11) is 0. The molecule has 0 fully saturated rings. The second kappa shape index (κ2) is 1.87. The van der Waals surface area contributed by atoms with Crippen LogP contribution in [-0.4, -0.2) is 4.98 Å². The SMILES string of the molecule is [CH2]c1[nH]cc2ccccc12. The molecule has 1 heteroatoms. The Labute approximate surface area is 59.7 Å². The maximum atomic E-state index is 3.85. The fourth-order valence-electron chi connectivity index (χ4n) is 1.14. The number of aromatic amines is 1. The predicted molar refractivity (Wildman–Crippen MR) is 42.8 cm³/mol. The molecule has 10 heavy (non-hydrogen) atoms. The Bertz CT molecular complexity index is 346. The maximum absolute atomic E-state index is 3.85. The van der Waals surface area contributed by atoms with E-state index in [4.69, 9.17) is 0 Å². The van der Waals surface area contributed by atoms with Crippen LogP contribution in [0.4, 0.5) is 0 Å². The first kappa shape index (κ1) is 5.54. The average Bonchev–Trinajstić information content (AvgIpc) is 2.34. The van der Waals surface area contributed by atoms with Gasteiger partial charge in [0, 0.05) is 17.3 Å². The highest BCUT2D eigenvalue weighted by Gasteiger charge is 1.94. The third-order valence-corrected chi connectivity index (χ3v) is 1.69. The number of fused-ring (bicyclic) bond motifs is 1. The van der Waals surface area contributed by atoms with Gasteiger partial charge in [-0.3, -0.25) is 0 Å². The molecule has 49 valence electrons. The fourth-order valence-corrected chi connectivity index (χ4v) is 1.14. The quantitative estimate of drug-likeness (QED) is 0.563. The summed E-state index contributed by atoms with van der Waals surface area (Å²) in [6.45, 7) is 3.85. The van der Waals surface area contributed by atoms with Crippen molar-refractivity contribution in [3.63, 3.8) is 0 Å². The van der Waals surface area contributed by atoms with E-state index in [1.54, 1.807) is 0 Å². The molecule has 0 saturated carbocycles. The molecular weight excluding hydrogens is 122 g/mol. The third kappa shape index (κ3) is 0.637. The van der Waals surface area contributed by atoms with Gasteiger partial charge in [-0.15, -0.1) is 0 Å². The van der Waals surface area contributed by atoms with Crippen LogP contribution in [-0.2, 0) is 0 Å². The Morgan fingerprint density at radius 2 is 2.00 bits per heavy atom. The highest BCUT2D eigenvalue weighted by molar-refractivity contribution is 5.85. The molecule has 0 atom stereocenters. The lowest BCUT2D eigenvalue weighted by Crippen LogP contribution is -1.66. The molecule has 1 aromatic heterocycles. The van der Waals surface area contributed by atoms with Crippen molar-refractivity contribution in [3.05, 3.63) is 43.1 Å². The van der Waals surface area contributed by atoms with Crippen LogP contribution in [0.2, 0.25) is 0 Å². The molecule has 1 radical (unpaired) electrons. The summed E-state index contributed by atoms with van der Waals surface area (Å²) in [4.78, 5) is 3.07. The van der Waals surface area contributed by atoms with E-state index in [1.165, 1.54) is 10.8 Å². The number of aromatic nitrogens is 1. The van der Waals surface area contributed by atoms with Crippen LogP contribution in [0.25, 0.3) is 10.8 Å². The summed E-state index contributed by atoms with van der Waals surface area (Å²) in [5, 5.41) is 2.44. The van der Waals surface area contributed by atoms with Crippen LogP contribution < -0.4 is 0 Å². The van der Waals surface area contributed by atoms with E-state index in [1.807, 2.05) is 18.3 Å². The zero-order valence-electron chi connectivity index (χ0n) is 5.59. The van der Waals surface area contributed by atoms with E-state index in [9.17, 15) is 0 Å². The smallest absolute Gasteiger partial charge is 0.0230 e. The van der Waals surface area contributed by atoms with Gasteiger partial charge < -0.3 is 4.98 Å². The first-order valence-corrected chi connectivity index (χ1v) is 3.26. The summed E-state index contributed by atoms with van der Waals surface area (Å²) in [6, 6.07) is 8.18. The minimum absolute atomic E-state index is 0.996. The number of benzene rings is 1. The lowest BCUT2D eigenvalue weighted by molar-refractivity contribution is 1.36. The van der Waals surface area contributed by atoms with Crippen molar-refractivity contribution in [2.75, 3.05) is 0 Å². The van der Waals surface area contributed by atoms with Crippen molar-refractivity contribution < 1.29 is 0 Å². The van der Waals surface area contributed by atoms with Gasteiger partial charge in [0.1, 0.15) is 0 Å². The second-order valence-corrected chi connectivity index (χ2v) is 2.35. The van der Waals surface area contributed by atoms with Crippen LogP contribution in [0.5, 0.6) is 0 Å². The van der Waals surface area contributed by atoms with E-state index in [-0.39, 0.29) is 0 Å². The number of H-pyrrole nitrogens is 1. The molecule has 1 heterocycles. The average molecular weight is 130 g/mol. The van der Waals surface area contributed by atoms with Crippen LogP contribution in [0, 0.1) is 6.92 Å². The molecular formula is C9H8N. The van der Waals surface area contributed by atoms with Gasteiger partial charge in [0.15, 0.2) is 0 Å². The molecule has 0 unspecified atom stereocenters. The van der Waals surface area contributed by atoms with Crippen molar-refractivity contribution in [2.45, 2.75) is 0 Å². The fraction of sp³-hybridized carbons (Fsp3) is 0. The van der Waals surface area contributed by atoms with E-state index < -0.39 is 0 Å². The topological polar surface area (TPSA) is 15.8 Å². The molecule has 0 amide bonds. The summed E-state index contributed by atoms with van der Waals surface area (Å²) in [5.74, 6) is 0. The van der Waals surface area contributed by atoms with Crippen LogP contribution in [0.3, 0.4) is 0 Å². The Morgan fingerprint density at radius 3 is 2.80 bits per heavy atom. The molecule has 0 saturated heterocycles. The third-order valence-electron chi connectivity index (χ3n) is 1.69. The van der Waals surface area contributed by atoms with Crippen molar-refractivity contribution in [1.82, 2.24) is 4.98 Å². The standard InChI is InChI=1S/C9H8N/c1-7-9-5-3-2-4-8(9)6-10-7/h2-6,10H,1H2. The van der Waals surface area contributed by atoms with Gasteiger partial charge in [-0.25, -0.2) is 0 Å².